The Morgan fingerprint density at radius 1 is 1.19 bits per heavy atom. The number of amides is 1. The lowest BCUT2D eigenvalue weighted by Crippen LogP contribution is -2.11. The molecule has 0 atom stereocenters. The van der Waals surface area contributed by atoms with Crippen LogP contribution in [0.4, 0.5) is 9.52 Å². The lowest BCUT2D eigenvalue weighted by Gasteiger charge is -2.03. The molecule has 0 spiro atoms. The van der Waals surface area contributed by atoms with Crippen molar-refractivity contribution in [3.05, 3.63) is 59.4 Å². The Morgan fingerprint density at radius 3 is 2.67 bits per heavy atom. The van der Waals surface area contributed by atoms with Crippen LogP contribution >= 0.6 is 11.3 Å². The molecule has 7 nitrogen and oxygen atoms in total. The first-order chi connectivity index (χ1) is 13.0. The van der Waals surface area contributed by atoms with Crippen molar-refractivity contribution in [3.8, 4) is 17.1 Å². The fourth-order valence-electron chi connectivity index (χ4n) is 2.49. The van der Waals surface area contributed by atoms with Gasteiger partial charge in [0, 0.05) is 11.1 Å². The van der Waals surface area contributed by atoms with E-state index in [9.17, 15) is 9.18 Å². The summed E-state index contributed by atoms with van der Waals surface area (Å²) in [7, 11) is 1.56. The Labute approximate surface area is 157 Å². The van der Waals surface area contributed by atoms with E-state index in [1.54, 1.807) is 50.4 Å². The normalized spacial score (nSPS) is 10.9. The molecule has 27 heavy (non-hydrogen) atoms. The van der Waals surface area contributed by atoms with Crippen LogP contribution in [0.2, 0.25) is 0 Å². The number of anilines is 1. The average Bonchev–Trinajstić information content (AvgIpc) is 3.24. The summed E-state index contributed by atoms with van der Waals surface area (Å²) in [6.45, 7) is 1.69. The summed E-state index contributed by atoms with van der Waals surface area (Å²) in [4.78, 5) is 12.9. The highest BCUT2D eigenvalue weighted by atomic mass is 32.1. The number of nitrogens with zero attached hydrogens (tertiary/aromatic N) is 4. The molecule has 0 aliphatic heterocycles. The minimum absolute atomic E-state index is 0.300. The minimum Gasteiger partial charge on any atom is -0.497 e. The molecule has 0 aliphatic carbocycles. The minimum atomic E-state index is -0.326. The molecular formula is C18H14FN5O2S. The van der Waals surface area contributed by atoms with Gasteiger partial charge in [-0.3, -0.25) is 10.1 Å². The zero-order valence-electron chi connectivity index (χ0n) is 14.4. The smallest absolute Gasteiger partial charge is 0.257 e. The second-order valence-corrected chi connectivity index (χ2v) is 6.73. The molecule has 0 saturated carbocycles. The molecule has 2 aromatic heterocycles. The molecule has 0 fully saturated rings. The Balaban J connectivity index is 1.61. The maximum Gasteiger partial charge on any atom is 0.257 e. The van der Waals surface area contributed by atoms with Gasteiger partial charge < -0.3 is 4.74 Å². The topological polar surface area (TPSA) is 81.4 Å². The highest BCUT2D eigenvalue weighted by Crippen LogP contribution is 2.25. The quantitative estimate of drug-likeness (QED) is 0.583. The van der Waals surface area contributed by atoms with Gasteiger partial charge in [-0.15, -0.1) is 15.3 Å². The lowest BCUT2D eigenvalue weighted by molar-refractivity contribution is 0.102. The SMILES string of the molecule is COc1ccc(C(=O)Nc2nn3c(-c4ccc(C)c(F)c4)nnc3s2)cc1. The Kier molecular flexibility index (Phi) is 4.28. The van der Waals surface area contributed by atoms with Gasteiger partial charge in [0.2, 0.25) is 10.1 Å². The van der Waals surface area contributed by atoms with Crippen molar-refractivity contribution in [2.24, 2.45) is 0 Å². The van der Waals surface area contributed by atoms with Gasteiger partial charge in [-0.05, 0) is 42.8 Å². The van der Waals surface area contributed by atoms with Gasteiger partial charge in [0.05, 0.1) is 7.11 Å². The van der Waals surface area contributed by atoms with Crippen molar-refractivity contribution < 1.29 is 13.9 Å². The number of nitrogens with one attached hydrogen (secondary N) is 1. The number of aryl methyl sites for hydroxylation is 1. The molecule has 1 N–H and O–H groups in total. The first-order valence-electron chi connectivity index (χ1n) is 7.99. The van der Waals surface area contributed by atoms with Gasteiger partial charge in [-0.1, -0.05) is 23.5 Å². The second kappa shape index (κ2) is 6.76. The van der Waals surface area contributed by atoms with Crippen LogP contribution in [0.25, 0.3) is 16.3 Å². The third-order valence-electron chi connectivity index (χ3n) is 3.99. The van der Waals surface area contributed by atoms with Crippen LogP contribution in [-0.2, 0) is 0 Å². The molecule has 2 aromatic carbocycles. The largest absolute Gasteiger partial charge is 0.497 e. The standard InChI is InChI=1S/C18H14FN5O2S/c1-10-3-4-12(9-14(10)19)15-21-22-18-24(15)23-17(27-18)20-16(25)11-5-7-13(26-2)8-6-11/h3-9H,1-2H3,(H,20,23,25). The molecule has 4 aromatic rings. The molecule has 2 heterocycles. The molecule has 0 aliphatic rings. The molecular weight excluding hydrogens is 369 g/mol. The van der Waals surface area contributed by atoms with Crippen molar-refractivity contribution in [1.29, 1.82) is 0 Å². The third kappa shape index (κ3) is 3.24. The maximum atomic E-state index is 13.8. The molecule has 0 radical (unpaired) electrons. The maximum absolute atomic E-state index is 13.8. The van der Waals surface area contributed by atoms with Gasteiger partial charge in [0.1, 0.15) is 11.6 Å². The molecule has 136 valence electrons. The van der Waals surface area contributed by atoms with Gasteiger partial charge in [-0.2, -0.15) is 4.52 Å². The van der Waals surface area contributed by atoms with Crippen LogP contribution < -0.4 is 10.1 Å². The van der Waals surface area contributed by atoms with Crippen molar-refractivity contribution in [2.45, 2.75) is 6.92 Å². The fourth-order valence-corrected chi connectivity index (χ4v) is 3.23. The average molecular weight is 383 g/mol. The van der Waals surface area contributed by atoms with Crippen molar-refractivity contribution >= 4 is 27.3 Å². The number of aromatic nitrogens is 4. The van der Waals surface area contributed by atoms with E-state index in [0.29, 0.717) is 38.4 Å². The molecule has 0 unspecified atom stereocenters. The van der Waals surface area contributed by atoms with Crippen molar-refractivity contribution in [2.75, 3.05) is 12.4 Å². The molecule has 9 heteroatoms. The third-order valence-corrected chi connectivity index (χ3v) is 4.81. The summed E-state index contributed by atoms with van der Waals surface area (Å²) in [5.41, 5.74) is 1.58. The molecule has 0 bridgehead atoms. The van der Waals surface area contributed by atoms with Crippen molar-refractivity contribution in [1.82, 2.24) is 19.8 Å². The number of hydrogen-bond donors (Lipinski definition) is 1. The van der Waals surface area contributed by atoms with E-state index in [1.807, 2.05) is 0 Å². The number of carbonyl (C=O) groups is 1. The predicted molar refractivity (Wildman–Crippen MR) is 99.7 cm³/mol. The van der Waals surface area contributed by atoms with Crippen LogP contribution in [0.3, 0.4) is 0 Å². The zero-order valence-corrected chi connectivity index (χ0v) is 15.2. The first kappa shape index (κ1) is 17.1. The van der Waals surface area contributed by atoms with Gasteiger partial charge in [-0.25, -0.2) is 4.39 Å². The van der Waals surface area contributed by atoms with Crippen molar-refractivity contribution in [3.63, 3.8) is 0 Å². The van der Waals surface area contributed by atoms with E-state index in [2.05, 4.69) is 20.6 Å². The summed E-state index contributed by atoms with van der Waals surface area (Å²) < 4.78 is 20.4. The number of rotatable bonds is 4. The Bertz CT molecular complexity index is 1140. The van der Waals surface area contributed by atoms with E-state index in [0.717, 1.165) is 0 Å². The van der Waals surface area contributed by atoms with E-state index in [1.165, 1.54) is 21.9 Å². The van der Waals surface area contributed by atoms with Crippen LogP contribution in [0.15, 0.2) is 42.5 Å². The molecule has 4 rings (SSSR count). The highest BCUT2D eigenvalue weighted by Gasteiger charge is 2.16. The number of carbonyl (C=O) groups excluding carboxylic acids is 1. The van der Waals surface area contributed by atoms with Crippen LogP contribution in [0.5, 0.6) is 5.75 Å². The summed E-state index contributed by atoms with van der Waals surface area (Å²) >= 11 is 1.18. The van der Waals surface area contributed by atoms with E-state index in [-0.39, 0.29) is 11.7 Å². The van der Waals surface area contributed by atoms with Crippen LogP contribution in [-0.4, -0.2) is 32.8 Å². The molecule has 0 saturated heterocycles. The predicted octanol–water partition coefficient (Wildman–Crippen LogP) is 3.56. The second-order valence-electron chi connectivity index (χ2n) is 5.77. The first-order valence-corrected chi connectivity index (χ1v) is 8.81. The summed E-state index contributed by atoms with van der Waals surface area (Å²) in [6.07, 6.45) is 0. The van der Waals surface area contributed by atoms with Crippen LogP contribution in [0, 0.1) is 12.7 Å². The number of benzene rings is 2. The molecule has 1 amide bonds. The van der Waals surface area contributed by atoms with E-state index in [4.69, 9.17) is 4.74 Å². The number of fused-ring (bicyclic) bond motifs is 1. The Hall–Kier alpha value is -3.33. The highest BCUT2D eigenvalue weighted by molar-refractivity contribution is 7.20. The van der Waals surface area contributed by atoms with Gasteiger partial charge in [0.15, 0.2) is 5.82 Å². The van der Waals surface area contributed by atoms with E-state index < -0.39 is 0 Å². The summed E-state index contributed by atoms with van der Waals surface area (Å²) in [5, 5.41) is 15.5. The van der Waals surface area contributed by atoms with Crippen LogP contribution in [0.1, 0.15) is 15.9 Å². The summed E-state index contributed by atoms with van der Waals surface area (Å²) in [6, 6.07) is 11.5. The fraction of sp³-hybridized carbons (Fsp3) is 0.111. The number of methoxy groups -OCH3 is 1. The van der Waals surface area contributed by atoms with Gasteiger partial charge in [0.25, 0.3) is 5.91 Å². The number of hydrogen-bond acceptors (Lipinski definition) is 6. The monoisotopic (exact) mass is 383 g/mol. The number of ether oxygens (including phenoxy) is 1. The summed E-state index contributed by atoms with van der Waals surface area (Å²) in [5.74, 6) is 0.448. The van der Waals surface area contributed by atoms with Gasteiger partial charge >= 0.3 is 0 Å². The zero-order chi connectivity index (χ0) is 19.0. The number of halogens is 1. The van der Waals surface area contributed by atoms with E-state index >= 15 is 0 Å². The lowest BCUT2D eigenvalue weighted by atomic mass is 10.1. The Morgan fingerprint density at radius 2 is 1.96 bits per heavy atom.